The van der Waals surface area contributed by atoms with Crippen molar-refractivity contribution in [1.29, 1.82) is 0 Å². The zero-order valence-corrected chi connectivity index (χ0v) is 19.8. The van der Waals surface area contributed by atoms with E-state index in [2.05, 4.69) is 54.6 Å². The van der Waals surface area contributed by atoms with Crippen molar-refractivity contribution in [2.45, 2.75) is 4.87 Å². The van der Waals surface area contributed by atoms with Crippen LogP contribution in [-0.4, -0.2) is 14.2 Å². The van der Waals surface area contributed by atoms with Gasteiger partial charge in [-0.1, -0.05) is 78.9 Å². The van der Waals surface area contributed by atoms with Crippen molar-refractivity contribution in [1.82, 2.24) is 0 Å². The Kier molecular flexibility index (Phi) is 4.86. The van der Waals surface area contributed by atoms with Crippen LogP contribution in [0.2, 0.25) is 0 Å². The highest BCUT2D eigenvalue weighted by Crippen LogP contribution is 2.48. The molecule has 0 radical (unpaired) electrons. The number of rotatable bonds is 5. The summed E-state index contributed by atoms with van der Waals surface area (Å²) in [6, 6.07) is 35.7. The van der Waals surface area contributed by atoms with Gasteiger partial charge in [0.15, 0.2) is 0 Å². The van der Waals surface area contributed by atoms with Gasteiger partial charge in [-0.2, -0.15) is 0 Å². The summed E-state index contributed by atoms with van der Waals surface area (Å²) in [5.74, 6) is 1.60. The number of benzene rings is 6. The molecule has 0 bridgehead atoms. The maximum Gasteiger partial charge on any atom is 0.120 e. The van der Waals surface area contributed by atoms with Crippen LogP contribution < -0.4 is 9.47 Å². The summed E-state index contributed by atoms with van der Waals surface area (Å²) in [5.41, 5.74) is 3.01. The van der Waals surface area contributed by atoms with Crippen LogP contribution in [0.25, 0.3) is 32.3 Å². The Balaban J connectivity index is 1.70. The fraction of sp³-hybridized carbons (Fsp3) is 0.0968. The van der Waals surface area contributed by atoms with Gasteiger partial charge in [0.25, 0.3) is 0 Å². The average Bonchev–Trinajstić information content (AvgIpc) is 2.91. The molecule has 0 aromatic heterocycles. The van der Waals surface area contributed by atoms with Gasteiger partial charge in [-0.05, 0) is 73.3 Å². The Morgan fingerprint density at radius 2 is 1.00 bits per heavy atom. The van der Waals surface area contributed by atoms with E-state index in [0.29, 0.717) is 0 Å². The molecule has 0 N–H and O–H groups in total. The lowest BCUT2D eigenvalue weighted by molar-refractivity contribution is 0.414. The maximum absolute atomic E-state index is 7.75. The van der Waals surface area contributed by atoms with Crippen LogP contribution in [0.3, 0.4) is 0 Å². The highest BCUT2D eigenvalue weighted by Gasteiger charge is 2.36. The highest BCUT2D eigenvalue weighted by molar-refractivity contribution is 6.31. The predicted octanol–water partition coefficient (Wildman–Crippen LogP) is 8.13. The summed E-state index contributed by atoms with van der Waals surface area (Å²) in [5, 5.41) is 7.38. The molecule has 0 amide bonds. The van der Waals surface area contributed by atoms with Crippen molar-refractivity contribution in [3.63, 3.8) is 0 Å². The Morgan fingerprint density at radius 1 is 0.529 bits per heavy atom. The standard InChI is InChI=1S/C31H23ClO2/c1-33-25-14-10-23(11-15-25)31(32,24-12-16-26(34-2)17-13-24)28-19-9-22-7-6-20-4-3-5-21-8-18-27(28)30(22)29(20)21/h3-19H,1-2H3. The SMILES string of the molecule is COc1ccc(C(Cl)(c2ccc(OC)cc2)c2ccc3ccc4cccc5ccc2c3c45)cc1. The Bertz CT molecular complexity index is 1560. The predicted molar refractivity (Wildman–Crippen MR) is 142 cm³/mol. The fourth-order valence-electron chi connectivity index (χ4n) is 5.15. The summed E-state index contributed by atoms with van der Waals surface area (Å²) in [6.07, 6.45) is 0. The zero-order chi connectivity index (χ0) is 23.3. The van der Waals surface area contributed by atoms with Gasteiger partial charge in [-0.25, -0.2) is 0 Å². The van der Waals surface area contributed by atoms with E-state index in [-0.39, 0.29) is 0 Å². The minimum atomic E-state index is -0.902. The molecule has 0 aliphatic carbocycles. The molecule has 0 atom stereocenters. The molecule has 0 aliphatic rings. The van der Waals surface area contributed by atoms with E-state index in [1.54, 1.807) is 14.2 Å². The number of hydrogen-bond acceptors (Lipinski definition) is 2. The minimum Gasteiger partial charge on any atom is -0.497 e. The molecule has 0 heterocycles. The van der Waals surface area contributed by atoms with Crippen LogP contribution in [0.15, 0.2) is 103 Å². The van der Waals surface area contributed by atoms with E-state index in [0.717, 1.165) is 33.6 Å². The highest BCUT2D eigenvalue weighted by atomic mass is 35.5. The molecule has 0 fully saturated rings. The Hall–Kier alpha value is -3.75. The first-order chi connectivity index (χ1) is 16.6. The van der Waals surface area contributed by atoms with Crippen molar-refractivity contribution in [3.8, 4) is 11.5 Å². The molecule has 0 spiro atoms. The van der Waals surface area contributed by atoms with Gasteiger partial charge in [0.05, 0.1) is 14.2 Å². The number of halogens is 1. The third-order valence-corrected chi connectivity index (χ3v) is 7.52. The van der Waals surface area contributed by atoms with E-state index in [4.69, 9.17) is 21.1 Å². The summed E-state index contributed by atoms with van der Waals surface area (Å²) in [4.78, 5) is -0.902. The lowest BCUT2D eigenvalue weighted by Crippen LogP contribution is -2.23. The molecule has 0 saturated heterocycles. The van der Waals surface area contributed by atoms with Gasteiger partial charge in [0.2, 0.25) is 0 Å². The number of methoxy groups -OCH3 is 2. The average molecular weight is 463 g/mol. The molecular weight excluding hydrogens is 440 g/mol. The number of hydrogen-bond donors (Lipinski definition) is 0. The Morgan fingerprint density at radius 3 is 1.53 bits per heavy atom. The van der Waals surface area contributed by atoms with Crippen LogP contribution in [-0.2, 0) is 4.87 Å². The molecule has 3 heteroatoms. The first-order valence-electron chi connectivity index (χ1n) is 11.3. The van der Waals surface area contributed by atoms with Crippen LogP contribution in [0, 0.1) is 0 Å². The van der Waals surface area contributed by atoms with Crippen molar-refractivity contribution in [2.75, 3.05) is 14.2 Å². The van der Waals surface area contributed by atoms with Crippen molar-refractivity contribution in [2.24, 2.45) is 0 Å². The first-order valence-corrected chi connectivity index (χ1v) is 11.7. The second-order valence-corrected chi connectivity index (χ2v) is 9.15. The largest absolute Gasteiger partial charge is 0.497 e. The molecule has 0 aliphatic heterocycles. The van der Waals surface area contributed by atoms with E-state index < -0.39 is 4.87 Å². The van der Waals surface area contributed by atoms with Gasteiger partial charge >= 0.3 is 0 Å². The normalized spacial score (nSPS) is 12.0. The van der Waals surface area contributed by atoms with Crippen LogP contribution >= 0.6 is 11.6 Å². The van der Waals surface area contributed by atoms with Crippen LogP contribution in [0.5, 0.6) is 11.5 Å². The second-order valence-electron chi connectivity index (χ2n) is 8.58. The van der Waals surface area contributed by atoms with Gasteiger partial charge in [-0.15, -0.1) is 11.6 Å². The monoisotopic (exact) mass is 462 g/mol. The van der Waals surface area contributed by atoms with Gasteiger partial charge in [0.1, 0.15) is 16.4 Å². The molecule has 6 aromatic carbocycles. The molecule has 6 aromatic rings. The molecule has 0 unspecified atom stereocenters. The van der Waals surface area contributed by atoms with Gasteiger partial charge < -0.3 is 9.47 Å². The molecule has 34 heavy (non-hydrogen) atoms. The molecule has 6 rings (SSSR count). The van der Waals surface area contributed by atoms with Crippen molar-refractivity contribution < 1.29 is 9.47 Å². The fourth-order valence-corrected chi connectivity index (χ4v) is 5.57. The zero-order valence-electron chi connectivity index (χ0n) is 19.0. The minimum absolute atomic E-state index is 0.799. The molecule has 2 nitrogen and oxygen atoms in total. The molecule has 0 saturated carbocycles. The summed E-state index contributed by atoms with van der Waals surface area (Å²) in [7, 11) is 3.35. The van der Waals surface area contributed by atoms with Crippen LogP contribution in [0.4, 0.5) is 0 Å². The molecule has 166 valence electrons. The van der Waals surface area contributed by atoms with Gasteiger partial charge in [0, 0.05) is 0 Å². The molecular formula is C31H23ClO2. The van der Waals surface area contributed by atoms with E-state index >= 15 is 0 Å². The smallest absolute Gasteiger partial charge is 0.120 e. The van der Waals surface area contributed by atoms with E-state index in [9.17, 15) is 0 Å². The van der Waals surface area contributed by atoms with Crippen molar-refractivity contribution in [3.05, 3.63) is 120 Å². The second kappa shape index (κ2) is 7.93. The lowest BCUT2D eigenvalue weighted by Gasteiger charge is -2.31. The maximum atomic E-state index is 7.75. The Labute approximate surface area is 203 Å². The van der Waals surface area contributed by atoms with Gasteiger partial charge in [-0.3, -0.25) is 0 Å². The third-order valence-electron chi connectivity index (χ3n) is 6.88. The van der Waals surface area contributed by atoms with E-state index in [1.807, 2.05) is 48.5 Å². The van der Waals surface area contributed by atoms with Crippen LogP contribution in [0.1, 0.15) is 16.7 Å². The lowest BCUT2D eigenvalue weighted by atomic mass is 9.80. The number of alkyl halides is 1. The topological polar surface area (TPSA) is 18.5 Å². The summed E-state index contributed by atoms with van der Waals surface area (Å²) < 4.78 is 10.8. The van der Waals surface area contributed by atoms with Crippen molar-refractivity contribution >= 4 is 43.9 Å². The summed E-state index contributed by atoms with van der Waals surface area (Å²) in [6.45, 7) is 0. The quantitative estimate of drug-likeness (QED) is 0.146. The summed E-state index contributed by atoms with van der Waals surface area (Å²) >= 11 is 7.75. The first kappa shape index (κ1) is 20.8. The van der Waals surface area contributed by atoms with E-state index in [1.165, 1.54) is 26.9 Å². The number of ether oxygens (including phenoxy) is 2. The third kappa shape index (κ3) is 3.03.